The van der Waals surface area contributed by atoms with E-state index in [1.54, 1.807) is 11.3 Å². The zero-order valence-electron chi connectivity index (χ0n) is 10.6. The Labute approximate surface area is 112 Å². The van der Waals surface area contributed by atoms with Gasteiger partial charge < -0.3 is 0 Å². The third-order valence-corrected chi connectivity index (χ3v) is 5.54. The van der Waals surface area contributed by atoms with Crippen LogP contribution in [-0.4, -0.2) is 17.3 Å². The van der Waals surface area contributed by atoms with E-state index in [4.69, 9.17) is 0 Å². The van der Waals surface area contributed by atoms with Crippen LogP contribution in [0.4, 0.5) is 0 Å². The average Bonchev–Trinajstić information content (AvgIpc) is 2.88. The highest BCUT2D eigenvalue weighted by Gasteiger charge is 2.16. The van der Waals surface area contributed by atoms with Crippen molar-refractivity contribution in [2.75, 3.05) is 11.5 Å². The summed E-state index contributed by atoms with van der Waals surface area (Å²) in [5.41, 5.74) is 0.950. The predicted molar refractivity (Wildman–Crippen MR) is 77.4 cm³/mol. The van der Waals surface area contributed by atoms with Crippen molar-refractivity contribution in [3.8, 4) is 0 Å². The van der Waals surface area contributed by atoms with E-state index in [-0.39, 0.29) is 0 Å². The van der Waals surface area contributed by atoms with Crippen LogP contribution < -0.4 is 0 Å². The van der Waals surface area contributed by atoms with Gasteiger partial charge in [0.25, 0.3) is 0 Å². The van der Waals surface area contributed by atoms with Crippen molar-refractivity contribution in [1.29, 1.82) is 0 Å². The number of ketones is 1. The summed E-state index contributed by atoms with van der Waals surface area (Å²) in [6, 6.07) is 2.04. The number of hydrogen-bond donors (Lipinski definition) is 0. The molecule has 0 spiro atoms. The molecule has 0 unspecified atom stereocenters. The molecule has 94 valence electrons. The van der Waals surface area contributed by atoms with Gasteiger partial charge in [0.1, 0.15) is 0 Å². The fraction of sp³-hybridized carbons (Fsp3) is 0.643. The van der Waals surface area contributed by atoms with Gasteiger partial charge in [-0.05, 0) is 44.4 Å². The molecule has 0 N–H and O–H groups in total. The van der Waals surface area contributed by atoms with Gasteiger partial charge in [-0.25, -0.2) is 0 Å². The Balaban J connectivity index is 1.78. The van der Waals surface area contributed by atoms with Gasteiger partial charge in [-0.2, -0.15) is 11.8 Å². The highest BCUT2D eigenvalue weighted by molar-refractivity contribution is 7.99. The number of carbonyl (C=O) groups is 1. The van der Waals surface area contributed by atoms with Crippen molar-refractivity contribution in [3.05, 3.63) is 21.4 Å². The molecule has 1 fully saturated rings. The largest absolute Gasteiger partial charge is 0.293 e. The lowest BCUT2D eigenvalue weighted by Gasteiger charge is -2.07. The molecule has 1 aliphatic carbocycles. The molecule has 0 aliphatic heterocycles. The second-order valence-electron chi connectivity index (χ2n) is 4.92. The average molecular weight is 268 g/mol. The Kier molecular flexibility index (Phi) is 4.69. The topological polar surface area (TPSA) is 17.1 Å². The van der Waals surface area contributed by atoms with Crippen LogP contribution in [0.5, 0.6) is 0 Å². The normalized spacial score (nSPS) is 16.6. The molecule has 1 aromatic rings. The molecule has 0 atom stereocenters. The number of carbonyl (C=O) groups excluding carboxylic acids is 1. The number of thiophene rings is 1. The minimum absolute atomic E-state index is 0.315. The number of aryl methyl sites for hydroxylation is 2. The minimum Gasteiger partial charge on any atom is -0.293 e. The highest BCUT2D eigenvalue weighted by atomic mass is 32.2. The molecule has 0 aromatic carbocycles. The molecule has 1 saturated carbocycles. The zero-order valence-corrected chi connectivity index (χ0v) is 12.3. The maximum atomic E-state index is 12.0. The Morgan fingerprint density at radius 3 is 2.71 bits per heavy atom. The van der Waals surface area contributed by atoms with E-state index in [2.05, 4.69) is 6.92 Å². The monoisotopic (exact) mass is 268 g/mol. The summed E-state index contributed by atoms with van der Waals surface area (Å²) in [5, 5.41) is 0. The van der Waals surface area contributed by atoms with E-state index in [1.807, 2.05) is 24.8 Å². The van der Waals surface area contributed by atoms with E-state index in [0.717, 1.165) is 11.5 Å². The van der Waals surface area contributed by atoms with Gasteiger partial charge in [0.05, 0.1) is 5.75 Å². The Morgan fingerprint density at radius 2 is 2.12 bits per heavy atom. The Morgan fingerprint density at radius 1 is 1.41 bits per heavy atom. The molecule has 2 rings (SSSR count). The standard InChI is InChI=1S/C14H20OS2/c1-10-7-13(11(2)17-10)14(15)9-16-8-12-5-3-4-6-12/h7,12H,3-6,8-9H2,1-2H3. The Hall–Kier alpha value is -0.280. The van der Waals surface area contributed by atoms with Gasteiger partial charge in [-0.1, -0.05) is 12.8 Å². The summed E-state index contributed by atoms with van der Waals surface area (Å²) in [6.07, 6.45) is 5.53. The first-order valence-electron chi connectivity index (χ1n) is 6.35. The molecule has 0 radical (unpaired) electrons. The van der Waals surface area contributed by atoms with E-state index >= 15 is 0 Å². The maximum Gasteiger partial charge on any atom is 0.173 e. The number of Topliss-reactive ketones (excluding diaryl/α,β-unsaturated/α-hetero) is 1. The minimum atomic E-state index is 0.315. The van der Waals surface area contributed by atoms with E-state index < -0.39 is 0 Å². The quantitative estimate of drug-likeness (QED) is 0.733. The lowest BCUT2D eigenvalue weighted by molar-refractivity contribution is 0.102. The van der Waals surface area contributed by atoms with Gasteiger partial charge in [-0.3, -0.25) is 4.79 Å². The Bertz CT molecular complexity index is 389. The van der Waals surface area contributed by atoms with Gasteiger partial charge in [-0.15, -0.1) is 11.3 Å². The second kappa shape index (κ2) is 6.05. The molecule has 0 bridgehead atoms. The summed E-state index contributed by atoms with van der Waals surface area (Å²) >= 11 is 3.55. The van der Waals surface area contributed by atoms with Crippen LogP contribution in [0.15, 0.2) is 6.07 Å². The zero-order chi connectivity index (χ0) is 12.3. The van der Waals surface area contributed by atoms with Crippen LogP contribution in [0.2, 0.25) is 0 Å². The smallest absolute Gasteiger partial charge is 0.173 e. The SMILES string of the molecule is Cc1cc(C(=O)CSCC2CCCC2)c(C)s1. The third kappa shape index (κ3) is 3.59. The molecule has 0 saturated heterocycles. The third-order valence-electron chi connectivity index (χ3n) is 3.40. The number of thioether (sulfide) groups is 1. The molecule has 1 nitrogen and oxygen atoms in total. The van der Waals surface area contributed by atoms with E-state index in [0.29, 0.717) is 11.5 Å². The van der Waals surface area contributed by atoms with Crippen LogP contribution >= 0.6 is 23.1 Å². The van der Waals surface area contributed by atoms with Crippen LogP contribution in [0, 0.1) is 19.8 Å². The summed E-state index contributed by atoms with van der Waals surface area (Å²) in [5.74, 6) is 3.02. The van der Waals surface area contributed by atoms with Crippen molar-refractivity contribution >= 4 is 28.9 Å². The van der Waals surface area contributed by atoms with Crippen molar-refractivity contribution in [3.63, 3.8) is 0 Å². The molecule has 1 heterocycles. The van der Waals surface area contributed by atoms with Crippen molar-refractivity contribution < 1.29 is 4.79 Å². The first kappa shape index (κ1) is 13.2. The summed E-state index contributed by atoms with van der Waals surface area (Å²) < 4.78 is 0. The van der Waals surface area contributed by atoms with Gasteiger partial charge in [0.2, 0.25) is 0 Å². The van der Waals surface area contributed by atoms with Crippen molar-refractivity contribution in [1.82, 2.24) is 0 Å². The molecule has 0 amide bonds. The lowest BCUT2D eigenvalue weighted by atomic mass is 10.1. The van der Waals surface area contributed by atoms with Gasteiger partial charge >= 0.3 is 0 Å². The van der Waals surface area contributed by atoms with Crippen LogP contribution in [0.25, 0.3) is 0 Å². The first-order valence-corrected chi connectivity index (χ1v) is 8.32. The predicted octanol–water partition coefficient (Wildman–Crippen LogP) is 4.47. The fourth-order valence-corrected chi connectivity index (χ4v) is 4.55. The maximum absolute atomic E-state index is 12.0. The fourth-order valence-electron chi connectivity index (χ4n) is 2.48. The number of hydrogen-bond acceptors (Lipinski definition) is 3. The summed E-state index contributed by atoms with van der Waals surface area (Å²) in [7, 11) is 0. The summed E-state index contributed by atoms with van der Waals surface area (Å²) in [6.45, 7) is 4.12. The lowest BCUT2D eigenvalue weighted by Crippen LogP contribution is -2.05. The number of rotatable bonds is 5. The highest BCUT2D eigenvalue weighted by Crippen LogP contribution is 2.28. The van der Waals surface area contributed by atoms with Crippen LogP contribution in [0.1, 0.15) is 45.8 Å². The second-order valence-corrected chi connectivity index (χ2v) is 7.41. The van der Waals surface area contributed by atoms with Crippen LogP contribution in [-0.2, 0) is 0 Å². The van der Waals surface area contributed by atoms with E-state index in [9.17, 15) is 4.79 Å². The first-order chi connectivity index (χ1) is 8.16. The van der Waals surface area contributed by atoms with Crippen LogP contribution in [0.3, 0.4) is 0 Å². The molecule has 1 aliphatic rings. The van der Waals surface area contributed by atoms with Gasteiger partial charge in [0.15, 0.2) is 5.78 Å². The molecule has 1 aromatic heterocycles. The van der Waals surface area contributed by atoms with Crippen molar-refractivity contribution in [2.45, 2.75) is 39.5 Å². The molecule has 17 heavy (non-hydrogen) atoms. The summed E-state index contributed by atoms with van der Waals surface area (Å²) in [4.78, 5) is 14.5. The van der Waals surface area contributed by atoms with E-state index in [1.165, 1.54) is 41.2 Å². The molecule has 3 heteroatoms. The molecular weight excluding hydrogens is 248 g/mol. The van der Waals surface area contributed by atoms with Crippen molar-refractivity contribution in [2.24, 2.45) is 5.92 Å². The molecular formula is C14H20OS2. The van der Waals surface area contributed by atoms with Gasteiger partial charge in [0, 0.05) is 15.3 Å².